The number of hydrogen-bond acceptors (Lipinski definition) is 6. The topological polar surface area (TPSA) is 66.4 Å². The van der Waals surface area contributed by atoms with E-state index in [1.165, 1.54) is 0 Å². The molecule has 0 bridgehead atoms. The lowest BCUT2D eigenvalue weighted by Crippen LogP contribution is -2.62. The zero-order chi connectivity index (χ0) is 17.8. The fourth-order valence-corrected chi connectivity index (χ4v) is 4.00. The van der Waals surface area contributed by atoms with Crippen molar-refractivity contribution in [1.82, 2.24) is 0 Å². The molecule has 2 saturated heterocycles. The van der Waals surface area contributed by atoms with Crippen LogP contribution in [0.25, 0.3) is 0 Å². The standard InChI is InChI=1S/C19H26O6/c1-18(2)22-13-12(20)14-17(25-19(3,4)23-14)15(16(13)24-18)21-10-11-8-6-5-7-9-11/h5-9,12-17,20H,10H2,1-4H3/t12?,13-,14+,15?,16+,17-. The van der Waals surface area contributed by atoms with Crippen LogP contribution in [-0.4, -0.2) is 53.3 Å². The minimum atomic E-state index is -0.824. The fourth-order valence-electron chi connectivity index (χ4n) is 4.00. The summed E-state index contributed by atoms with van der Waals surface area (Å²) in [5, 5.41) is 10.8. The maximum Gasteiger partial charge on any atom is 0.164 e. The summed E-state index contributed by atoms with van der Waals surface area (Å²) in [5.41, 5.74) is 1.07. The Kier molecular flexibility index (Phi) is 4.18. The van der Waals surface area contributed by atoms with Gasteiger partial charge in [-0.2, -0.15) is 0 Å². The Morgan fingerprint density at radius 2 is 1.32 bits per heavy atom. The Balaban J connectivity index is 1.59. The molecule has 2 aliphatic heterocycles. The molecule has 1 aromatic carbocycles. The van der Waals surface area contributed by atoms with Gasteiger partial charge in [-0.1, -0.05) is 30.3 Å². The molecule has 1 aliphatic carbocycles. The largest absolute Gasteiger partial charge is 0.387 e. The highest BCUT2D eigenvalue weighted by molar-refractivity contribution is 5.14. The van der Waals surface area contributed by atoms with Gasteiger partial charge >= 0.3 is 0 Å². The van der Waals surface area contributed by atoms with E-state index in [1.54, 1.807) is 0 Å². The fraction of sp³-hybridized carbons (Fsp3) is 0.684. The molecule has 138 valence electrons. The minimum absolute atomic E-state index is 0.387. The minimum Gasteiger partial charge on any atom is -0.387 e. The second-order valence-corrected chi connectivity index (χ2v) is 7.88. The molecule has 3 aliphatic rings. The van der Waals surface area contributed by atoms with E-state index in [0.717, 1.165) is 5.56 Å². The lowest BCUT2D eigenvalue weighted by atomic mass is 9.85. The normalized spacial score (nSPS) is 41.3. The van der Waals surface area contributed by atoms with Crippen molar-refractivity contribution in [2.45, 2.75) is 82.5 Å². The Hall–Kier alpha value is -1.02. The molecule has 1 saturated carbocycles. The van der Waals surface area contributed by atoms with Crippen molar-refractivity contribution in [3.05, 3.63) is 35.9 Å². The number of aliphatic hydroxyl groups is 1. The van der Waals surface area contributed by atoms with Gasteiger partial charge < -0.3 is 28.8 Å². The van der Waals surface area contributed by atoms with Crippen molar-refractivity contribution >= 4 is 0 Å². The number of fused-ring (bicyclic) bond motifs is 2. The predicted octanol–water partition coefficient (Wildman–Crippen LogP) is 1.99. The van der Waals surface area contributed by atoms with E-state index < -0.39 is 42.1 Å². The summed E-state index contributed by atoms with van der Waals surface area (Å²) in [6, 6.07) is 9.95. The van der Waals surface area contributed by atoms with Gasteiger partial charge in [-0.15, -0.1) is 0 Å². The molecule has 1 aromatic rings. The Morgan fingerprint density at radius 1 is 0.840 bits per heavy atom. The molecular formula is C19H26O6. The molecule has 0 aromatic heterocycles. The molecule has 4 rings (SSSR count). The van der Waals surface area contributed by atoms with Crippen LogP contribution in [0.1, 0.15) is 33.3 Å². The van der Waals surface area contributed by atoms with E-state index in [2.05, 4.69) is 0 Å². The Bertz CT molecular complexity index is 584. The molecule has 25 heavy (non-hydrogen) atoms. The lowest BCUT2D eigenvalue weighted by Gasteiger charge is -2.40. The highest BCUT2D eigenvalue weighted by Gasteiger charge is 2.63. The van der Waals surface area contributed by atoms with Crippen LogP contribution in [0.5, 0.6) is 0 Å². The van der Waals surface area contributed by atoms with E-state index in [1.807, 2.05) is 58.0 Å². The number of aliphatic hydroxyl groups excluding tert-OH is 1. The Morgan fingerprint density at radius 3 is 1.84 bits per heavy atom. The van der Waals surface area contributed by atoms with Gasteiger partial charge in [0, 0.05) is 0 Å². The summed E-state index contributed by atoms with van der Waals surface area (Å²) in [5.74, 6) is -1.56. The van der Waals surface area contributed by atoms with Gasteiger partial charge in [-0.25, -0.2) is 0 Å². The van der Waals surface area contributed by atoms with Crippen molar-refractivity contribution < 1.29 is 28.8 Å². The van der Waals surface area contributed by atoms with Gasteiger partial charge in [0.15, 0.2) is 11.6 Å². The van der Waals surface area contributed by atoms with Crippen LogP contribution < -0.4 is 0 Å². The van der Waals surface area contributed by atoms with Gasteiger partial charge in [-0.3, -0.25) is 0 Å². The molecule has 6 atom stereocenters. The Labute approximate surface area is 148 Å². The van der Waals surface area contributed by atoms with Crippen LogP contribution in [0.4, 0.5) is 0 Å². The molecule has 0 spiro atoms. The first-order valence-electron chi connectivity index (χ1n) is 8.81. The summed E-state index contributed by atoms with van der Waals surface area (Å²) in [6.45, 7) is 7.80. The summed E-state index contributed by atoms with van der Waals surface area (Å²) in [7, 11) is 0. The monoisotopic (exact) mass is 350 g/mol. The van der Waals surface area contributed by atoms with Gasteiger partial charge in [0.2, 0.25) is 0 Å². The number of hydrogen-bond donors (Lipinski definition) is 1. The highest BCUT2D eigenvalue weighted by atomic mass is 16.8. The summed E-state index contributed by atoms with van der Waals surface area (Å²) in [4.78, 5) is 0. The zero-order valence-corrected chi connectivity index (χ0v) is 15.0. The second kappa shape index (κ2) is 6.01. The zero-order valence-electron chi connectivity index (χ0n) is 15.0. The average Bonchev–Trinajstić information content (AvgIpc) is 3.04. The second-order valence-electron chi connectivity index (χ2n) is 7.88. The third-order valence-electron chi connectivity index (χ3n) is 4.93. The van der Waals surface area contributed by atoms with Gasteiger partial charge in [0.1, 0.15) is 36.6 Å². The number of rotatable bonds is 3. The molecule has 6 heteroatoms. The molecule has 6 nitrogen and oxygen atoms in total. The molecule has 2 unspecified atom stereocenters. The van der Waals surface area contributed by atoms with Gasteiger partial charge in [0.25, 0.3) is 0 Å². The molecule has 2 heterocycles. The smallest absolute Gasteiger partial charge is 0.164 e. The van der Waals surface area contributed by atoms with E-state index in [4.69, 9.17) is 23.7 Å². The van der Waals surface area contributed by atoms with E-state index in [0.29, 0.717) is 6.61 Å². The van der Waals surface area contributed by atoms with Gasteiger partial charge in [-0.05, 0) is 33.3 Å². The number of benzene rings is 1. The average molecular weight is 350 g/mol. The van der Waals surface area contributed by atoms with Crippen molar-refractivity contribution in [2.75, 3.05) is 0 Å². The van der Waals surface area contributed by atoms with Crippen molar-refractivity contribution in [2.24, 2.45) is 0 Å². The van der Waals surface area contributed by atoms with Crippen LogP contribution in [0.3, 0.4) is 0 Å². The SMILES string of the molecule is CC1(C)O[C@@H]2C(O)[C@@H]3OC(C)(C)O[C@H]3C(OCc3ccccc3)[C@H]2O1. The summed E-state index contributed by atoms with van der Waals surface area (Å²) >= 11 is 0. The first kappa shape index (κ1) is 17.4. The maximum atomic E-state index is 10.8. The van der Waals surface area contributed by atoms with Crippen molar-refractivity contribution in [3.63, 3.8) is 0 Å². The lowest BCUT2D eigenvalue weighted by molar-refractivity contribution is -0.190. The van der Waals surface area contributed by atoms with Crippen LogP contribution in [0, 0.1) is 0 Å². The van der Waals surface area contributed by atoms with Crippen LogP contribution in [-0.2, 0) is 30.3 Å². The van der Waals surface area contributed by atoms with E-state index >= 15 is 0 Å². The van der Waals surface area contributed by atoms with Crippen LogP contribution in [0.15, 0.2) is 30.3 Å². The summed E-state index contributed by atoms with van der Waals surface area (Å²) in [6.07, 6.45) is -3.04. The van der Waals surface area contributed by atoms with Crippen molar-refractivity contribution in [3.8, 4) is 0 Å². The highest BCUT2D eigenvalue weighted by Crippen LogP contribution is 2.45. The molecule has 0 amide bonds. The van der Waals surface area contributed by atoms with Crippen LogP contribution in [0.2, 0.25) is 0 Å². The number of ether oxygens (including phenoxy) is 5. The third-order valence-corrected chi connectivity index (χ3v) is 4.93. The van der Waals surface area contributed by atoms with E-state index in [9.17, 15) is 5.11 Å². The molecule has 1 N–H and O–H groups in total. The summed E-state index contributed by atoms with van der Waals surface area (Å²) < 4.78 is 30.2. The van der Waals surface area contributed by atoms with Gasteiger partial charge in [0.05, 0.1) is 6.61 Å². The first-order valence-corrected chi connectivity index (χ1v) is 8.81. The third kappa shape index (κ3) is 3.23. The van der Waals surface area contributed by atoms with E-state index in [-0.39, 0.29) is 6.10 Å². The maximum absolute atomic E-state index is 10.8. The van der Waals surface area contributed by atoms with Crippen molar-refractivity contribution in [1.29, 1.82) is 0 Å². The molecule has 0 radical (unpaired) electrons. The quantitative estimate of drug-likeness (QED) is 0.899. The predicted molar refractivity (Wildman–Crippen MR) is 88.7 cm³/mol. The first-order chi connectivity index (χ1) is 11.8. The molecular weight excluding hydrogens is 324 g/mol. The molecule has 3 fully saturated rings. The van der Waals surface area contributed by atoms with Crippen LogP contribution >= 0.6 is 0 Å².